The Morgan fingerprint density at radius 3 is 1.66 bits per heavy atom. The first-order valence-corrected chi connectivity index (χ1v) is 14.1. The highest BCUT2D eigenvalue weighted by atomic mass is 16.4. The van der Waals surface area contributed by atoms with Crippen molar-refractivity contribution in [3.05, 3.63) is 12.2 Å². The van der Waals surface area contributed by atoms with Gasteiger partial charge in [0.1, 0.15) is 0 Å². The van der Waals surface area contributed by atoms with E-state index in [-0.39, 0.29) is 0 Å². The van der Waals surface area contributed by atoms with Crippen LogP contribution >= 0.6 is 0 Å². The maximum atomic E-state index is 10.5. The molecule has 0 spiro atoms. The molecule has 1 N–H and O–H groups in total. The molecule has 3 nitrogen and oxygen atoms in total. The van der Waals surface area contributed by atoms with Crippen molar-refractivity contribution >= 4 is 5.97 Å². The average Bonchev–Trinajstić information content (AvgIpc) is 2.76. The molecule has 0 rings (SSSR count). The molecule has 190 valence electrons. The number of aliphatic carboxylic acids is 1. The third-order valence-corrected chi connectivity index (χ3v) is 6.61. The van der Waals surface area contributed by atoms with E-state index < -0.39 is 5.97 Å². The van der Waals surface area contributed by atoms with Crippen molar-refractivity contribution in [3.8, 4) is 0 Å². The van der Waals surface area contributed by atoms with Crippen molar-refractivity contribution in [3.63, 3.8) is 0 Å². The summed E-state index contributed by atoms with van der Waals surface area (Å²) in [6.07, 6.45) is 31.3. The van der Waals surface area contributed by atoms with Gasteiger partial charge in [-0.25, -0.2) is 0 Å². The minimum absolute atomic E-state index is 0.330. The van der Waals surface area contributed by atoms with E-state index in [0.717, 1.165) is 18.8 Å². The molecule has 0 radical (unpaired) electrons. The predicted molar refractivity (Wildman–Crippen MR) is 141 cm³/mol. The Kier molecular flexibility index (Phi) is 24.2. The molecular weight excluding hydrogens is 394 g/mol. The van der Waals surface area contributed by atoms with Crippen LogP contribution in [0.3, 0.4) is 0 Å². The lowest BCUT2D eigenvalue weighted by molar-refractivity contribution is -0.137. The highest BCUT2D eigenvalue weighted by Gasteiger charge is 2.09. The zero-order chi connectivity index (χ0) is 23.7. The second-order valence-electron chi connectivity index (χ2n) is 10.2. The fraction of sp³-hybridized carbons (Fsp3) is 0.897. The maximum Gasteiger partial charge on any atom is 0.303 e. The van der Waals surface area contributed by atoms with Crippen LogP contribution in [-0.2, 0) is 4.79 Å². The van der Waals surface area contributed by atoms with Crippen molar-refractivity contribution in [1.29, 1.82) is 0 Å². The van der Waals surface area contributed by atoms with Crippen molar-refractivity contribution in [2.45, 2.75) is 142 Å². The molecule has 32 heavy (non-hydrogen) atoms. The summed E-state index contributed by atoms with van der Waals surface area (Å²) in [5.41, 5.74) is 0. The molecule has 0 saturated carbocycles. The van der Waals surface area contributed by atoms with E-state index in [0.29, 0.717) is 6.42 Å². The summed E-state index contributed by atoms with van der Waals surface area (Å²) < 4.78 is 0. The summed E-state index contributed by atoms with van der Waals surface area (Å²) in [5, 5.41) is 8.61. The fourth-order valence-corrected chi connectivity index (χ4v) is 4.44. The Balaban J connectivity index is 3.50. The van der Waals surface area contributed by atoms with Gasteiger partial charge in [0.2, 0.25) is 0 Å². The first-order valence-electron chi connectivity index (χ1n) is 14.1. The van der Waals surface area contributed by atoms with Crippen LogP contribution in [0.1, 0.15) is 142 Å². The molecule has 0 aliphatic carbocycles. The molecule has 0 aromatic heterocycles. The Morgan fingerprint density at radius 2 is 1.16 bits per heavy atom. The van der Waals surface area contributed by atoms with Crippen molar-refractivity contribution in [1.82, 2.24) is 4.90 Å². The van der Waals surface area contributed by atoms with E-state index in [1.807, 2.05) is 0 Å². The van der Waals surface area contributed by atoms with E-state index in [4.69, 9.17) is 5.11 Å². The van der Waals surface area contributed by atoms with E-state index in [1.54, 1.807) is 0 Å². The zero-order valence-corrected chi connectivity index (χ0v) is 22.1. The monoisotopic (exact) mass is 451 g/mol. The molecule has 0 aromatic rings. The van der Waals surface area contributed by atoms with Gasteiger partial charge in [-0.3, -0.25) is 4.79 Å². The number of carbonyl (C=O) groups is 1. The van der Waals surface area contributed by atoms with E-state index in [1.165, 1.54) is 122 Å². The first kappa shape index (κ1) is 31.2. The van der Waals surface area contributed by atoms with Gasteiger partial charge in [0.25, 0.3) is 0 Å². The molecule has 0 amide bonds. The van der Waals surface area contributed by atoms with Crippen LogP contribution in [0.5, 0.6) is 0 Å². The molecule has 0 fully saturated rings. The Labute approximate surface area is 201 Å². The second-order valence-corrected chi connectivity index (χ2v) is 10.2. The number of hydrogen-bond acceptors (Lipinski definition) is 2. The van der Waals surface area contributed by atoms with Gasteiger partial charge in [0.05, 0.1) is 0 Å². The summed E-state index contributed by atoms with van der Waals surface area (Å²) in [7, 11) is 4.41. The van der Waals surface area contributed by atoms with Crippen LogP contribution in [0.4, 0.5) is 0 Å². The van der Waals surface area contributed by atoms with Crippen LogP contribution in [0.2, 0.25) is 0 Å². The largest absolute Gasteiger partial charge is 0.481 e. The van der Waals surface area contributed by atoms with Crippen LogP contribution in [0.25, 0.3) is 0 Å². The van der Waals surface area contributed by atoms with Crippen LogP contribution in [-0.4, -0.2) is 36.6 Å². The Hall–Kier alpha value is -0.830. The van der Waals surface area contributed by atoms with E-state index in [2.05, 4.69) is 38.1 Å². The molecule has 0 aliphatic rings. The molecule has 0 saturated heterocycles. The maximum absolute atomic E-state index is 10.5. The van der Waals surface area contributed by atoms with Gasteiger partial charge in [0, 0.05) is 6.42 Å². The number of hydrogen-bond donors (Lipinski definition) is 1. The lowest BCUT2D eigenvalue weighted by Gasteiger charge is -2.19. The van der Waals surface area contributed by atoms with Gasteiger partial charge in [-0.2, -0.15) is 0 Å². The van der Waals surface area contributed by atoms with Crippen LogP contribution < -0.4 is 0 Å². The SMILES string of the molecule is CCCCCCC(CCCCCCCCC=CCCCCCCCC(=O)O)CCN(C)C. The second kappa shape index (κ2) is 24.8. The Bertz CT molecular complexity index is 419. The summed E-state index contributed by atoms with van der Waals surface area (Å²) >= 11 is 0. The fourth-order valence-electron chi connectivity index (χ4n) is 4.44. The summed E-state index contributed by atoms with van der Waals surface area (Å²) in [6.45, 7) is 3.55. The lowest BCUT2D eigenvalue weighted by atomic mass is 9.91. The number of unbranched alkanes of at least 4 members (excludes halogenated alkanes) is 14. The van der Waals surface area contributed by atoms with Gasteiger partial charge in [-0.05, 0) is 65.1 Å². The summed E-state index contributed by atoms with van der Waals surface area (Å²) in [5.74, 6) is 0.287. The molecule has 0 aliphatic heterocycles. The van der Waals surface area contributed by atoms with Crippen LogP contribution in [0, 0.1) is 5.92 Å². The van der Waals surface area contributed by atoms with E-state index >= 15 is 0 Å². The highest BCUT2D eigenvalue weighted by Crippen LogP contribution is 2.22. The Morgan fingerprint density at radius 1 is 0.688 bits per heavy atom. The topological polar surface area (TPSA) is 40.5 Å². The number of allylic oxidation sites excluding steroid dienone is 2. The van der Waals surface area contributed by atoms with Crippen molar-refractivity contribution in [2.75, 3.05) is 20.6 Å². The third-order valence-electron chi connectivity index (χ3n) is 6.61. The number of nitrogens with zero attached hydrogens (tertiary/aromatic N) is 1. The lowest BCUT2D eigenvalue weighted by Crippen LogP contribution is -2.17. The predicted octanol–water partition coefficient (Wildman–Crippen LogP) is 9.02. The van der Waals surface area contributed by atoms with Crippen molar-refractivity contribution in [2.24, 2.45) is 5.92 Å². The van der Waals surface area contributed by atoms with Gasteiger partial charge in [-0.15, -0.1) is 0 Å². The molecule has 0 heterocycles. The minimum Gasteiger partial charge on any atom is -0.481 e. The standard InChI is InChI=1S/C29H57NO2/c1-4-5-6-20-23-28(26-27-30(2)3)24-21-18-16-14-12-10-8-7-9-11-13-15-17-19-22-25-29(31)32/h7,9,28H,4-6,8,10-27H2,1-3H3,(H,31,32). The zero-order valence-electron chi connectivity index (χ0n) is 22.1. The normalized spacial score (nSPS) is 12.8. The van der Waals surface area contributed by atoms with Crippen LogP contribution in [0.15, 0.2) is 12.2 Å². The van der Waals surface area contributed by atoms with Gasteiger partial charge >= 0.3 is 5.97 Å². The quantitative estimate of drug-likeness (QED) is 0.111. The summed E-state index contributed by atoms with van der Waals surface area (Å²) in [6, 6.07) is 0. The number of rotatable bonds is 25. The average molecular weight is 452 g/mol. The molecule has 0 aromatic carbocycles. The molecule has 3 heteroatoms. The van der Waals surface area contributed by atoms with Gasteiger partial charge in [-0.1, -0.05) is 109 Å². The van der Waals surface area contributed by atoms with E-state index in [9.17, 15) is 4.79 Å². The molecule has 0 bridgehead atoms. The van der Waals surface area contributed by atoms with Gasteiger partial charge < -0.3 is 10.0 Å². The van der Waals surface area contributed by atoms with Gasteiger partial charge in [0.15, 0.2) is 0 Å². The summed E-state index contributed by atoms with van der Waals surface area (Å²) in [4.78, 5) is 12.8. The number of carboxylic acid groups (broad SMARTS) is 1. The third kappa shape index (κ3) is 25.4. The number of carboxylic acids is 1. The highest BCUT2D eigenvalue weighted by molar-refractivity contribution is 5.66. The smallest absolute Gasteiger partial charge is 0.303 e. The molecule has 1 atom stereocenters. The first-order chi connectivity index (χ1) is 15.6. The molecular formula is C29H57NO2. The van der Waals surface area contributed by atoms with Crippen molar-refractivity contribution < 1.29 is 9.90 Å². The minimum atomic E-state index is -0.662. The molecule has 1 unspecified atom stereocenters.